The van der Waals surface area contributed by atoms with Gasteiger partial charge in [-0.3, -0.25) is 14.4 Å². The van der Waals surface area contributed by atoms with Crippen LogP contribution in [0, 0.1) is 29.4 Å². The summed E-state index contributed by atoms with van der Waals surface area (Å²) in [4.78, 5) is 40.8. The number of aliphatic hydroxyl groups excluding tert-OH is 2. The first-order valence-corrected chi connectivity index (χ1v) is 12.0. The molecule has 2 fully saturated rings. The van der Waals surface area contributed by atoms with Crippen molar-refractivity contribution in [3.8, 4) is 16.9 Å². The maximum atomic E-state index is 14.0. The molecule has 38 heavy (non-hydrogen) atoms. The molecule has 2 saturated carbocycles. The number of fused-ring (bicyclic) bond motifs is 3. The fraction of sp³-hybridized carbons (Fsp3) is 0.370. The summed E-state index contributed by atoms with van der Waals surface area (Å²) >= 11 is 0. The van der Waals surface area contributed by atoms with Crippen LogP contribution >= 0.6 is 0 Å². The molecule has 0 spiro atoms. The van der Waals surface area contributed by atoms with Crippen LogP contribution in [-0.2, 0) is 20.8 Å². The second-order valence-corrected chi connectivity index (χ2v) is 10.4. The Kier molecular flexibility index (Phi) is 5.93. The highest BCUT2D eigenvalue weighted by Gasteiger charge is 2.67. The van der Waals surface area contributed by atoms with Crippen LogP contribution in [0.3, 0.4) is 0 Å². The Balaban J connectivity index is 1.71. The minimum Gasteiger partial charge on any atom is -0.507 e. The molecule has 0 bridgehead atoms. The molecule has 1 amide bonds. The number of primary amides is 1. The summed E-state index contributed by atoms with van der Waals surface area (Å²) in [7, 11) is 3.12. The number of likely N-dealkylation sites (N-methyl/N-ethyl adjacent to an activating group) is 1. The van der Waals surface area contributed by atoms with E-state index in [1.165, 1.54) is 23.1 Å². The normalized spacial score (nSPS) is 30.7. The summed E-state index contributed by atoms with van der Waals surface area (Å²) in [6, 6.07) is 4.96. The summed E-state index contributed by atoms with van der Waals surface area (Å²) in [5.74, 6) is -10.5. The molecule has 3 aliphatic carbocycles. The molecule has 2 aromatic rings. The topological polar surface area (TPSA) is 161 Å². The van der Waals surface area contributed by atoms with Gasteiger partial charge in [-0.15, -0.1) is 0 Å². The maximum Gasteiger partial charge on any atom is 0.230 e. The van der Waals surface area contributed by atoms with Crippen LogP contribution in [0.2, 0.25) is 0 Å². The highest BCUT2D eigenvalue weighted by molar-refractivity contribution is 6.25. The van der Waals surface area contributed by atoms with Gasteiger partial charge in [0.25, 0.3) is 0 Å². The molecule has 2 unspecified atom stereocenters. The van der Waals surface area contributed by atoms with Crippen molar-refractivity contribution in [2.24, 2.45) is 23.5 Å². The van der Waals surface area contributed by atoms with Crippen molar-refractivity contribution in [3.05, 3.63) is 58.7 Å². The molecule has 2 aromatic carbocycles. The van der Waals surface area contributed by atoms with E-state index in [0.717, 1.165) is 12.1 Å². The number of carbonyl (C=O) groups is 3. The zero-order chi connectivity index (χ0) is 27.8. The number of ketones is 2. The number of benzene rings is 2. The van der Waals surface area contributed by atoms with Gasteiger partial charge in [0.2, 0.25) is 11.7 Å². The van der Waals surface area contributed by atoms with Crippen LogP contribution in [0.25, 0.3) is 16.9 Å². The highest BCUT2D eigenvalue weighted by Crippen LogP contribution is 2.53. The Hall–Kier alpha value is -3.67. The van der Waals surface area contributed by atoms with Gasteiger partial charge < -0.3 is 31.1 Å². The monoisotopic (exact) mass is 528 g/mol. The molecular formula is C27H26F2N2O7. The number of phenolic OH excluding ortho intramolecular Hbond substituents is 1. The van der Waals surface area contributed by atoms with Crippen LogP contribution in [0.15, 0.2) is 35.9 Å². The van der Waals surface area contributed by atoms with E-state index in [9.17, 15) is 43.6 Å². The molecule has 5 rings (SSSR count). The standard InChI is InChI=1S/C27H26F2N2O7/c1-31(2)21-14-8-11-7-13-12(10-3-5-15(28)16(29)9-10)4-6-17(32)19(13)22(33)18(11)24(35)27(14,38)25(36)20(23(21)34)26(30)37/h3-6,9,11,14,20-21,23,32-34,38H,7-8H2,1-2H3,(H2,30,37)/t11-,14-,20?,21-,23?,27-/m1/s1. The Morgan fingerprint density at radius 1 is 1.11 bits per heavy atom. The van der Waals surface area contributed by atoms with Gasteiger partial charge in [-0.2, -0.15) is 0 Å². The number of Topliss-reactive ketones (excluding diaryl/α,β-unsaturated/α-hetero) is 2. The molecule has 6 atom stereocenters. The lowest BCUT2D eigenvalue weighted by molar-refractivity contribution is -0.184. The largest absolute Gasteiger partial charge is 0.507 e. The first kappa shape index (κ1) is 26.0. The molecule has 11 heteroatoms. The fourth-order valence-corrected chi connectivity index (χ4v) is 6.54. The second-order valence-electron chi connectivity index (χ2n) is 10.4. The average Bonchev–Trinajstić information content (AvgIpc) is 2.83. The molecule has 200 valence electrons. The molecular weight excluding hydrogens is 502 g/mol. The van der Waals surface area contributed by atoms with Gasteiger partial charge in [-0.1, -0.05) is 12.1 Å². The predicted octanol–water partition coefficient (Wildman–Crippen LogP) is 1.07. The van der Waals surface area contributed by atoms with E-state index in [1.807, 2.05) is 0 Å². The lowest BCUT2D eigenvalue weighted by Crippen LogP contribution is -2.73. The number of amides is 1. The Morgan fingerprint density at radius 3 is 2.39 bits per heavy atom. The first-order valence-electron chi connectivity index (χ1n) is 12.0. The van der Waals surface area contributed by atoms with Crippen molar-refractivity contribution in [1.29, 1.82) is 0 Å². The van der Waals surface area contributed by atoms with Crippen molar-refractivity contribution in [1.82, 2.24) is 4.90 Å². The molecule has 0 heterocycles. The Bertz CT molecular complexity index is 1440. The summed E-state index contributed by atoms with van der Waals surface area (Å²) in [6.07, 6.45) is -1.60. The van der Waals surface area contributed by atoms with Gasteiger partial charge in [-0.25, -0.2) is 8.78 Å². The van der Waals surface area contributed by atoms with Crippen molar-refractivity contribution in [2.45, 2.75) is 30.6 Å². The average molecular weight is 529 g/mol. The van der Waals surface area contributed by atoms with E-state index in [0.29, 0.717) is 11.1 Å². The molecule has 3 aliphatic rings. The van der Waals surface area contributed by atoms with E-state index in [2.05, 4.69) is 0 Å². The van der Waals surface area contributed by atoms with Crippen LogP contribution in [0.1, 0.15) is 17.5 Å². The number of carbonyl (C=O) groups excluding carboxylic acids is 3. The quantitative estimate of drug-likeness (QED) is 0.370. The number of nitrogens with two attached hydrogens (primary N) is 1. The zero-order valence-corrected chi connectivity index (χ0v) is 20.5. The van der Waals surface area contributed by atoms with Gasteiger partial charge in [0, 0.05) is 17.5 Å². The predicted molar refractivity (Wildman–Crippen MR) is 129 cm³/mol. The van der Waals surface area contributed by atoms with Gasteiger partial charge in [0.15, 0.2) is 23.0 Å². The summed E-state index contributed by atoms with van der Waals surface area (Å²) in [5, 5.41) is 44.4. The number of hydrogen-bond acceptors (Lipinski definition) is 8. The van der Waals surface area contributed by atoms with Gasteiger partial charge in [0.1, 0.15) is 17.4 Å². The number of aliphatic hydroxyl groups is 3. The van der Waals surface area contributed by atoms with E-state index in [4.69, 9.17) is 5.73 Å². The highest BCUT2D eigenvalue weighted by atomic mass is 19.2. The summed E-state index contributed by atoms with van der Waals surface area (Å²) in [6.45, 7) is 0. The molecule has 0 radical (unpaired) electrons. The Morgan fingerprint density at radius 2 is 1.79 bits per heavy atom. The first-order chi connectivity index (χ1) is 17.8. The lowest BCUT2D eigenvalue weighted by Gasteiger charge is -2.53. The molecule has 0 aliphatic heterocycles. The Labute approximate surface area is 215 Å². The summed E-state index contributed by atoms with van der Waals surface area (Å²) < 4.78 is 27.6. The number of hydrogen-bond donors (Lipinski definition) is 5. The second kappa shape index (κ2) is 8.69. The van der Waals surface area contributed by atoms with E-state index in [-0.39, 0.29) is 29.5 Å². The third kappa shape index (κ3) is 3.42. The van der Waals surface area contributed by atoms with Crippen molar-refractivity contribution < 1.29 is 43.6 Å². The fourth-order valence-electron chi connectivity index (χ4n) is 6.54. The molecule has 6 N–H and O–H groups in total. The van der Waals surface area contributed by atoms with Crippen LogP contribution in [0.4, 0.5) is 8.78 Å². The van der Waals surface area contributed by atoms with Crippen LogP contribution < -0.4 is 5.73 Å². The van der Waals surface area contributed by atoms with Crippen molar-refractivity contribution >= 4 is 23.2 Å². The van der Waals surface area contributed by atoms with Gasteiger partial charge in [0.05, 0.1) is 11.7 Å². The van der Waals surface area contributed by atoms with Crippen LogP contribution in [0.5, 0.6) is 5.75 Å². The minimum atomic E-state index is -2.75. The SMILES string of the molecule is CN(C)[C@H]1C(O)C(C(N)=O)C(=O)[C@]2(O)C(=O)C3=C(O)c4c(O)ccc(-c5ccc(F)c(F)c5)c4C[C@@H]3C[C@H]12. The van der Waals surface area contributed by atoms with Crippen LogP contribution in [-0.4, -0.2) is 74.6 Å². The molecule has 0 saturated heterocycles. The third-order valence-corrected chi connectivity index (χ3v) is 8.20. The van der Waals surface area contributed by atoms with E-state index < -0.39 is 76.1 Å². The number of nitrogens with zero attached hydrogens (tertiary/aromatic N) is 1. The molecule has 0 aromatic heterocycles. The van der Waals surface area contributed by atoms with E-state index in [1.54, 1.807) is 14.1 Å². The summed E-state index contributed by atoms with van der Waals surface area (Å²) in [5.41, 5.74) is 3.21. The van der Waals surface area contributed by atoms with Gasteiger partial charge in [-0.05, 0) is 67.7 Å². The minimum absolute atomic E-state index is 0.0411. The lowest BCUT2D eigenvalue weighted by atomic mass is 9.54. The number of phenols is 1. The maximum absolute atomic E-state index is 14.0. The number of aromatic hydroxyl groups is 1. The van der Waals surface area contributed by atoms with Crippen molar-refractivity contribution in [3.63, 3.8) is 0 Å². The number of rotatable bonds is 3. The zero-order valence-electron chi connectivity index (χ0n) is 20.5. The van der Waals surface area contributed by atoms with Gasteiger partial charge >= 0.3 is 0 Å². The third-order valence-electron chi connectivity index (χ3n) is 8.20. The van der Waals surface area contributed by atoms with Crippen molar-refractivity contribution in [2.75, 3.05) is 14.1 Å². The smallest absolute Gasteiger partial charge is 0.230 e. The van der Waals surface area contributed by atoms with E-state index >= 15 is 0 Å². The number of halogens is 2. The molecule has 9 nitrogen and oxygen atoms in total.